The molecule has 1 aromatic carbocycles. The summed E-state index contributed by atoms with van der Waals surface area (Å²) in [4.78, 5) is 12.2. The smallest absolute Gasteiger partial charge is 0.260 e. The number of carbonyl (C=O) groups excluding carboxylic acids is 1. The summed E-state index contributed by atoms with van der Waals surface area (Å²) in [6, 6.07) is 5.02. The van der Waals surface area contributed by atoms with Crippen LogP contribution >= 0.6 is 0 Å². The molecule has 1 heterocycles. The molecule has 0 aliphatic carbocycles. The van der Waals surface area contributed by atoms with Gasteiger partial charge in [0.2, 0.25) is 0 Å². The second-order valence-electron chi connectivity index (χ2n) is 3.95. The Hall–Kier alpha value is -2.50. The molecule has 19 heavy (non-hydrogen) atoms. The molecule has 6 nitrogen and oxygen atoms in total. The number of H-pyrrole nitrogens is 1. The van der Waals surface area contributed by atoms with Crippen LogP contribution in [0.1, 0.15) is 15.9 Å². The molecule has 2 N–H and O–H groups in total. The monoisotopic (exact) mass is 261 g/mol. The number of amides is 1. The minimum atomic E-state index is -0.271. The number of aromatic nitrogens is 2. The van der Waals surface area contributed by atoms with E-state index in [9.17, 15) is 4.79 Å². The Labute approximate surface area is 110 Å². The second kappa shape index (κ2) is 5.43. The van der Waals surface area contributed by atoms with E-state index < -0.39 is 0 Å². The third-order valence-corrected chi connectivity index (χ3v) is 2.72. The van der Waals surface area contributed by atoms with Crippen molar-refractivity contribution in [3.8, 4) is 11.5 Å². The highest BCUT2D eigenvalue weighted by Crippen LogP contribution is 2.25. The molecule has 0 aliphatic rings. The summed E-state index contributed by atoms with van der Waals surface area (Å²) in [7, 11) is 3.06. The number of hydrogen-bond donors (Lipinski definition) is 2. The van der Waals surface area contributed by atoms with Crippen molar-refractivity contribution in [2.24, 2.45) is 0 Å². The number of aromatic amines is 1. The van der Waals surface area contributed by atoms with Crippen LogP contribution in [0.15, 0.2) is 24.4 Å². The summed E-state index contributed by atoms with van der Waals surface area (Å²) >= 11 is 0. The van der Waals surface area contributed by atoms with E-state index >= 15 is 0 Å². The van der Waals surface area contributed by atoms with E-state index in [4.69, 9.17) is 9.47 Å². The molecule has 0 unspecified atom stereocenters. The lowest BCUT2D eigenvalue weighted by Crippen LogP contribution is -2.14. The highest BCUT2D eigenvalue weighted by molar-refractivity contribution is 6.06. The van der Waals surface area contributed by atoms with Gasteiger partial charge in [-0.15, -0.1) is 0 Å². The molecule has 0 bridgehead atoms. The van der Waals surface area contributed by atoms with E-state index in [1.54, 1.807) is 31.5 Å². The maximum Gasteiger partial charge on any atom is 0.260 e. The van der Waals surface area contributed by atoms with Crippen molar-refractivity contribution in [3.63, 3.8) is 0 Å². The standard InChI is InChI=1S/C13H15N3O3/c1-8-7-14-16-12(8)15-13(17)10-5-4-9(18-2)6-11(10)19-3/h4-7H,1-3H3,(H2,14,15,16,17). The average Bonchev–Trinajstić information content (AvgIpc) is 2.83. The van der Waals surface area contributed by atoms with Gasteiger partial charge in [-0.2, -0.15) is 5.10 Å². The van der Waals surface area contributed by atoms with Crippen LogP contribution in [0.4, 0.5) is 5.82 Å². The Morgan fingerprint density at radius 3 is 2.68 bits per heavy atom. The third-order valence-electron chi connectivity index (χ3n) is 2.72. The van der Waals surface area contributed by atoms with Gasteiger partial charge in [-0.05, 0) is 19.1 Å². The van der Waals surface area contributed by atoms with Crippen LogP contribution in [-0.2, 0) is 0 Å². The molecule has 0 spiro atoms. The largest absolute Gasteiger partial charge is 0.497 e. The molecule has 0 saturated heterocycles. The quantitative estimate of drug-likeness (QED) is 0.882. The molecule has 0 atom stereocenters. The van der Waals surface area contributed by atoms with Gasteiger partial charge in [0.1, 0.15) is 17.3 Å². The Kier molecular flexibility index (Phi) is 3.70. The van der Waals surface area contributed by atoms with Gasteiger partial charge in [0, 0.05) is 11.6 Å². The first-order valence-electron chi connectivity index (χ1n) is 5.69. The van der Waals surface area contributed by atoms with E-state index in [1.165, 1.54) is 7.11 Å². The van der Waals surface area contributed by atoms with E-state index in [-0.39, 0.29) is 5.91 Å². The maximum atomic E-state index is 12.2. The predicted octanol–water partition coefficient (Wildman–Crippen LogP) is 1.99. The second-order valence-corrected chi connectivity index (χ2v) is 3.95. The first-order chi connectivity index (χ1) is 9.15. The van der Waals surface area contributed by atoms with Crippen LogP contribution in [0.5, 0.6) is 11.5 Å². The molecule has 1 aromatic heterocycles. The molecule has 0 saturated carbocycles. The summed E-state index contributed by atoms with van der Waals surface area (Å²) in [5, 5.41) is 9.31. The summed E-state index contributed by atoms with van der Waals surface area (Å²) in [5.41, 5.74) is 1.29. The number of rotatable bonds is 4. The van der Waals surface area contributed by atoms with Gasteiger partial charge in [-0.25, -0.2) is 0 Å². The number of nitrogens with one attached hydrogen (secondary N) is 2. The number of methoxy groups -OCH3 is 2. The van der Waals surface area contributed by atoms with Gasteiger partial charge < -0.3 is 14.8 Å². The zero-order chi connectivity index (χ0) is 13.8. The zero-order valence-corrected chi connectivity index (χ0v) is 11.0. The highest BCUT2D eigenvalue weighted by atomic mass is 16.5. The molecule has 0 fully saturated rings. The molecule has 100 valence electrons. The number of ether oxygens (including phenoxy) is 2. The summed E-state index contributed by atoms with van der Waals surface area (Å²) in [6.45, 7) is 1.85. The summed E-state index contributed by atoms with van der Waals surface area (Å²) in [6.07, 6.45) is 1.64. The lowest BCUT2D eigenvalue weighted by atomic mass is 10.1. The minimum absolute atomic E-state index is 0.271. The summed E-state index contributed by atoms with van der Waals surface area (Å²) < 4.78 is 10.3. The van der Waals surface area contributed by atoms with Crippen molar-refractivity contribution in [2.75, 3.05) is 19.5 Å². The molecular weight excluding hydrogens is 246 g/mol. The Morgan fingerprint density at radius 2 is 2.11 bits per heavy atom. The molecular formula is C13H15N3O3. The van der Waals surface area contributed by atoms with Crippen molar-refractivity contribution in [1.82, 2.24) is 10.2 Å². The molecule has 2 rings (SSSR count). The van der Waals surface area contributed by atoms with Crippen molar-refractivity contribution in [3.05, 3.63) is 35.5 Å². The van der Waals surface area contributed by atoms with Gasteiger partial charge in [-0.3, -0.25) is 9.89 Å². The van der Waals surface area contributed by atoms with Crippen LogP contribution < -0.4 is 14.8 Å². The fourth-order valence-corrected chi connectivity index (χ4v) is 1.64. The lowest BCUT2D eigenvalue weighted by molar-refractivity contribution is 0.102. The molecule has 6 heteroatoms. The lowest BCUT2D eigenvalue weighted by Gasteiger charge is -2.10. The van der Waals surface area contributed by atoms with Crippen molar-refractivity contribution in [2.45, 2.75) is 6.92 Å². The van der Waals surface area contributed by atoms with E-state index in [1.807, 2.05) is 6.92 Å². The van der Waals surface area contributed by atoms with Gasteiger partial charge in [0.15, 0.2) is 0 Å². The number of nitrogens with zero attached hydrogens (tertiary/aromatic N) is 1. The summed E-state index contributed by atoms with van der Waals surface area (Å²) in [5.74, 6) is 1.38. The first-order valence-corrected chi connectivity index (χ1v) is 5.69. The fourth-order valence-electron chi connectivity index (χ4n) is 1.64. The molecule has 0 radical (unpaired) electrons. The van der Waals surface area contributed by atoms with Crippen LogP contribution in [0, 0.1) is 6.92 Å². The van der Waals surface area contributed by atoms with E-state index in [0.29, 0.717) is 22.9 Å². The third kappa shape index (κ3) is 2.67. The maximum absolute atomic E-state index is 12.2. The van der Waals surface area contributed by atoms with Gasteiger partial charge in [-0.1, -0.05) is 0 Å². The van der Waals surface area contributed by atoms with E-state index in [0.717, 1.165) is 5.56 Å². The predicted molar refractivity (Wildman–Crippen MR) is 70.8 cm³/mol. The first kappa shape index (κ1) is 12.9. The fraction of sp³-hybridized carbons (Fsp3) is 0.231. The molecule has 2 aromatic rings. The van der Waals surface area contributed by atoms with Crippen molar-refractivity contribution in [1.29, 1.82) is 0 Å². The van der Waals surface area contributed by atoms with Crippen molar-refractivity contribution < 1.29 is 14.3 Å². The van der Waals surface area contributed by atoms with Gasteiger partial charge in [0.05, 0.1) is 26.0 Å². The average molecular weight is 261 g/mol. The highest BCUT2D eigenvalue weighted by Gasteiger charge is 2.14. The Bertz CT molecular complexity index is 593. The van der Waals surface area contributed by atoms with Crippen LogP contribution in [0.25, 0.3) is 0 Å². The SMILES string of the molecule is COc1ccc(C(=O)Nc2[nH]ncc2C)c(OC)c1. The zero-order valence-electron chi connectivity index (χ0n) is 11.0. The minimum Gasteiger partial charge on any atom is -0.497 e. The van der Waals surface area contributed by atoms with Crippen LogP contribution in [0.2, 0.25) is 0 Å². The normalized spacial score (nSPS) is 10.1. The van der Waals surface area contributed by atoms with Gasteiger partial charge >= 0.3 is 0 Å². The molecule has 1 amide bonds. The van der Waals surface area contributed by atoms with Crippen LogP contribution in [-0.4, -0.2) is 30.3 Å². The Balaban J connectivity index is 2.26. The number of carbonyl (C=O) groups is 1. The number of anilines is 1. The van der Waals surface area contributed by atoms with Crippen LogP contribution in [0.3, 0.4) is 0 Å². The number of hydrogen-bond acceptors (Lipinski definition) is 4. The topological polar surface area (TPSA) is 76.2 Å². The molecule has 0 aliphatic heterocycles. The number of benzene rings is 1. The van der Waals surface area contributed by atoms with Gasteiger partial charge in [0.25, 0.3) is 5.91 Å². The number of aryl methyl sites for hydroxylation is 1. The van der Waals surface area contributed by atoms with E-state index in [2.05, 4.69) is 15.5 Å². The Morgan fingerprint density at radius 1 is 1.32 bits per heavy atom. The van der Waals surface area contributed by atoms with Crippen molar-refractivity contribution >= 4 is 11.7 Å².